The minimum atomic E-state index is -1.48. The zero-order valence-electron chi connectivity index (χ0n) is 8.49. The van der Waals surface area contributed by atoms with Gasteiger partial charge in [-0.15, -0.1) is 23.7 Å². The molecule has 0 bridgehead atoms. The first-order valence-corrected chi connectivity index (χ1v) is 5.41. The third-order valence-electron chi connectivity index (χ3n) is 2.25. The van der Waals surface area contributed by atoms with Gasteiger partial charge in [0.1, 0.15) is 0 Å². The van der Waals surface area contributed by atoms with E-state index < -0.39 is 23.5 Å². The third-order valence-corrected chi connectivity index (χ3v) is 3.21. The zero-order valence-corrected chi connectivity index (χ0v) is 10.1. The third kappa shape index (κ3) is 2.62. The maximum atomic E-state index is 13.4. The molecule has 1 aromatic heterocycles. The largest absolute Gasteiger partial charge is 0.320 e. The Bertz CT molecular complexity index is 502. The number of thiophene rings is 1. The van der Waals surface area contributed by atoms with Crippen LogP contribution in [0.2, 0.25) is 0 Å². The summed E-state index contributed by atoms with van der Waals surface area (Å²) < 4.78 is 39.1. The summed E-state index contributed by atoms with van der Waals surface area (Å²) in [6.07, 6.45) is 0. The maximum Gasteiger partial charge on any atom is 0.194 e. The lowest BCUT2D eigenvalue weighted by atomic mass is 10.1. The number of benzene rings is 1. The lowest BCUT2D eigenvalue weighted by molar-refractivity contribution is 0.439. The molecule has 1 aromatic carbocycles. The molecular formula is C11H9ClF3NS. The molecule has 0 saturated heterocycles. The van der Waals surface area contributed by atoms with Crippen LogP contribution in [0.25, 0.3) is 0 Å². The second-order valence-electron chi connectivity index (χ2n) is 3.26. The number of halogens is 4. The Kier molecular flexibility index (Phi) is 4.56. The topological polar surface area (TPSA) is 26.0 Å². The van der Waals surface area contributed by atoms with Crippen LogP contribution in [0.15, 0.2) is 29.6 Å². The quantitative estimate of drug-likeness (QED) is 0.835. The number of rotatable bonds is 2. The summed E-state index contributed by atoms with van der Waals surface area (Å²) >= 11 is 1.34. The predicted octanol–water partition coefficient (Wildman–Crippen LogP) is 3.64. The number of hydrogen-bond acceptors (Lipinski definition) is 2. The van der Waals surface area contributed by atoms with E-state index in [4.69, 9.17) is 5.73 Å². The van der Waals surface area contributed by atoms with Crippen LogP contribution >= 0.6 is 23.7 Å². The molecule has 0 amide bonds. The Morgan fingerprint density at radius 1 is 1.06 bits per heavy atom. The molecule has 0 unspecified atom stereocenters. The fourth-order valence-corrected chi connectivity index (χ4v) is 2.15. The Hall–Kier alpha value is -1.04. The molecule has 92 valence electrons. The Labute approximate surface area is 106 Å². The fourth-order valence-electron chi connectivity index (χ4n) is 1.40. The summed E-state index contributed by atoms with van der Waals surface area (Å²) in [6.45, 7) is 0. The van der Waals surface area contributed by atoms with Gasteiger partial charge in [0.05, 0.1) is 6.04 Å². The first-order valence-electron chi connectivity index (χ1n) is 4.53. The highest BCUT2D eigenvalue weighted by atomic mass is 35.5. The minimum absolute atomic E-state index is 0. The van der Waals surface area contributed by atoms with Gasteiger partial charge in [0.25, 0.3) is 0 Å². The molecule has 0 spiro atoms. The van der Waals surface area contributed by atoms with Crippen molar-refractivity contribution in [2.24, 2.45) is 5.73 Å². The van der Waals surface area contributed by atoms with Gasteiger partial charge in [-0.05, 0) is 17.5 Å². The molecule has 0 fully saturated rings. The molecule has 0 aliphatic heterocycles. The van der Waals surface area contributed by atoms with Crippen molar-refractivity contribution < 1.29 is 13.2 Å². The van der Waals surface area contributed by atoms with E-state index in [-0.39, 0.29) is 18.0 Å². The fraction of sp³-hybridized carbons (Fsp3) is 0.0909. The molecule has 6 heteroatoms. The molecule has 0 aliphatic carbocycles. The van der Waals surface area contributed by atoms with Crippen LogP contribution in [0.5, 0.6) is 0 Å². The van der Waals surface area contributed by atoms with E-state index in [9.17, 15) is 13.2 Å². The first kappa shape index (κ1) is 14.0. The average molecular weight is 280 g/mol. The standard InChI is InChI=1S/C11H8F3NS.ClH/c12-7-4-3-6(9(13)10(7)14)11(15)8-2-1-5-16-8;/h1-5,11H,15H2;1H/t11-;/m0./s1. The van der Waals surface area contributed by atoms with E-state index in [1.165, 1.54) is 11.3 Å². The van der Waals surface area contributed by atoms with Crippen molar-refractivity contribution in [1.29, 1.82) is 0 Å². The molecule has 0 saturated carbocycles. The van der Waals surface area contributed by atoms with Gasteiger partial charge in [0, 0.05) is 10.4 Å². The highest BCUT2D eigenvalue weighted by molar-refractivity contribution is 7.10. The molecule has 1 nitrogen and oxygen atoms in total. The monoisotopic (exact) mass is 279 g/mol. The van der Waals surface area contributed by atoms with E-state index in [1.54, 1.807) is 17.5 Å². The highest BCUT2D eigenvalue weighted by Gasteiger charge is 2.19. The van der Waals surface area contributed by atoms with Crippen LogP contribution in [0.4, 0.5) is 13.2 Å². The van der Waals surface area contributed by atoms with Gasteiger partial charge in [0.2, 0.25) is 0 Å². The van der Waals surface area contributed by atoms with E-state index in [1.807, 2.05) is 0 Å². The van der Waals surface area contributed by atoms with Crippen molar-refractivity contribution in [2.45, 2.75) is 6.04 Å². The van der Waals surface area contributed by atoms with Crippen LogP contribution in [-0.2, 0) is 0 Å². The van der Waals surface area contributed by atoms with Crippen molar-refractivity contribution in [3.05, 3.63) is 57.5 Å². The maximum absolute atomic E-state index is 13.4. The minimum Gasteiger partial charge on any atom is -0.320 e. The van der Waals surface area contributed by atoms with Gasteiger partial charge in [-0.1, -0.05) is 12.1 Å². The first-order chi connectivity index (χ1) is 7.61. The van der Waals surface area contributed by atoms with Crippen LogP contribution < -0.4 is 5.73 Å². The van der Waals surface area contributed by atoms with E-state index in [0.717, 1.165) is 12.1 Å². The van der Waals surface area contributed by atoms with Crippen LogP contribution in [0.3, 0.4) is 0 Å². The molecule has 2 rings (SSSR count). The van der Waals surface area contributed by atoms with Gasteiger partial charge in [-0.2, -0.15) is 0 Å². The van der Waals surface area contributed by atoms with E-state index >= 15 is 0 Å². The molecule has 0 radical (unpaired) electrons. The molecule has 0 aliphatic rings. The lowest BCUT2D eigenvalue weighted by Gasteiger charge is -2.11. The molecule has 1 atom stereocenters. The lowest BCUT2D eigenvalue weighted by Crippen LogP contribution is -2.13. The van der Waals surface area contributed by atoms with Crippen LogP contribution in [0.1, 0.15) is 16.5 Å². The van der Waals surface area contributed by atoms with Crippen molar-refractivity contribution in [2.75, 3.05) is 0 Å². The zero-order chi connectivity index (χ0) is 11.7. The molecule has 17 heavy (non-hydrogen) atoms. The molecule has 2 aromatic rings. The van der Waals surface area contributed by atoms with Gasteiger partial charge < -0.3 is 5.73 Å². The van der Waals surface area contributed by atoms with Gasteiger partial charge >= 0.3 is 0 Å². The normalized spacial score (nSPS) is 12.0. The summed E-state index contributed by atoms with van der Waals surface area (Å²) in [5.41, 5.74) is 5.72. The van der Waals surface area contributed by atoms with E-state index in [2.05, 4.69) is 0 Å². The Morgan fingerprint density at radius 3 is 2.35 bits per heavy atom. The predicted molar refractivity (Wildman–Crippen MR) is 63.9 cm³/mol. The van der Waals surface area contributed by atoms with Crippen LogP contribution in [-0.4, -0.2) is 0 Å². The second kappa shape index (κ2) is 5.53. The number of hydrogen-bond donors (Lipinski definition) is 1. The summed E-state index contributed by atoms with van der Waals surface area (Å²) in [5, 5.41) is 1.78. The molecular weight excluding hydrogens is 271 g/mol. The van der Waals surface area contributed by atoms with Crippen molar-refractivity contribution in [3.63, 3.8) is 0 Å². The summed E-state index contributed by atoms with van der Waals surface area (Å²) in [7, 11) is 0. The van der Waals surface area contributed by atoms with Gasteiger partial charge in [-0.25, -0.2) is 13.2 Å². The number of nitrogens with two attached hydrogens (primary N) is 1. The Balaban J connectivity index is 0.00000144. The van der Waals surface area contributed by atoms with Gasteiger partial charge in [-0.3, -0.25) is 0 Å². The van der Waals surface area contributed by atoms with Gasteiger partial charge in [0.15, 0.2) is 17.5 Å². The SMILES string of the molecule is Cl.N[C@H](c1cccs1)c1ccc(F)c(F)c1F. The smallest absolute Gasteiger partial charge is 0.194 e. The van der Waals surface area contributed by atoms with Crippen molar-refractivity contribution in [1.82, 2.24) is 0 Å². The summed E-state index contributed by atoms with van der Waals surface area (Å²) in [6, 6.07) is 4.75. The average Bonchev–Trinajstić information content (AvgIpc) is 2.79. The Morgan fingerprint density at radius 2 is 1.76 bits per heavy atom. The molecule has 2 N–H and O–H groups in total. The second-order valence-corrected chi connectivity index (χ2v) is 4.24. The summed E-state index contributed by atoms with van der Waals surface area (Å²) in [5.74, 6) is -3.91. The van der Waals surface area contributed by atoms with Crippen molar-refractivity contribution in [3.8, 4) is 0 Å². The summed E-state index contributed by atoms with van der Waals surface area (Å²) in [4.78, 5) is 0.699. The van der Waals surface area contributed by atoms with E-state index in [0.29, 0.717) is 4.88 Å². The van der Waals surface area contributed by atoms with Crippen LogP contribution in [0, 0.1) is 17.5 Å². The highest BCUT2D eigenvalue weighted by Crippen LogP contribution is 2.27. The van der Waals surface area contributed by atoms with Crippen molar-refractivity contribution >= 4 is 23.7 Å². The molecule has 1 heterocycles.